The predicted octanol–water partition coefficient (Wildman–Crippen LogP) is 4.53. The summed E-state index contributed by atoms with van der Waals surface area (Å²) in [5, 5.41) is 2.82. The zero-order valence-electron chi connectivity index (χ0n) is 9.37. The number of hydrogen-bond donors (Lipinski definition) is 1. The number of halogens is 2. The number of anilines is 1. The maximum Gasteiger partial charge on any atom is 0.257 e. The van der Waals surface area contributed by atoms with Crippen LogP contribution >= 0.6 is 43.2 Å². The molecule has 0 fully saturated rings. The molecule has 1 aromatic heterocycles. The molecule has 0 saturated heterocycles. The molecule has 0 aliphatic carbocycles. The lowest BCUT2D eigenvalue weighted by molar-refractivity contribution is 0.102. The van der Waals surface area contributed by atoms with Crippen molar-refractivity contribution >= 4 is 54.8 Å². The SMILES string of the molecule is COc1ccccc1NC(=O)c1cc(Br)sc1Br. The molecule has 0 unspecified atom stereocenters. The van der Waals surface area contributed by atoms with Crippen molar-refractivity contribution in [3.63, 3.8) is 0 Å². The highest BCUT2D eigenvalue weighted by Crippen LogP contribution is 2.33. The van der Waals surface area contributed by atoms with Gasteiger partial charge >= 0.3 is 0 Å². The van der Waals surface area contributed by atoms with Crippen molar-refractivity contribution in [2.24, 2.45) is 0 Å². The molecule has 0 spiro atoms. The van der Waals surface area contributed by atoms with Crippen LogP contribution in [0.25, 0.3) is 0 Å². The van der Waals surface area contributed by atoms with Gasteiger partial charge in [0.05, 0.1) is 25.9 Å². The number of nitrogens with one attached hydrogen (secondary N) is 1. The molecule has 2 rings (SSSR count). The van der Waals surface area contributed by atoms with Crippen molar-refractivity contribution < 1.29 is 9.53 Å². The van der Waals surface area contributed by atoms with E-state index in [0.29, 0.717) is 17.0 Å². The number of carbonyl (C=O) groups excluding carboxylic acids is 1. The van der Waals surface area contributed by atoms with Crippen LogP contribution in [-0.4, -0.2) is 13.0 Å². The first kappa shape index (κ1) is 13.6. The number of thiophene rings is 1. The third-order valence-corrected chi connectivity index (χ3v) is 4.60. The van der Waals surface area contributed by atoms with Crippen molar-refractivity contribution in [1.82, 2.24) is 0 Å². The van der Waals surface area contributed by atoms with Crippen LogP contribution in [0.2, 0.25) is 0 Å². The Hall–Kier alpha value is -0.850. The number of hydrogen-bond acceptors (Lipinski definition) is 3. The van der Waals surface area contributed by atoms with E-state index in [0.717, 1.165) is 7.57 Å². The molecular weight excluding hydrogens is 382 g/mol. The van der Waals surface area contributed by atoms with E-state index in [1.807, 2.05) is 12.1 Å². The van der Waals surface area contributed by atoms with Gasteiger partial charge in [0.25, 0.3) is 5.91 Å². The first-order chi connectivity index (χ1) is 8.61. The minimum absolute atomic E-state index is 0.173. The molecule has 0 aliphatic heterocycles. The average molecular weight is 391 g/mol. The fourth-order valence-electron chi connectivity index (χ4n) is 1.43. The van der Waals surface area contributed by atoms with E-state index in [2.05, 4.69) is 37.2 Å². The van der Waals surface area contributed by atoms with Crippen LogP contribution in [0.3, 0.4) is 0 Å². The standard InChI is InChI=1S/C12H9Br2NO2S/c1-17-9-5-3-2-4-8(9)15-12(16)7-6-10(13)18-11(7)14/h2-6H,1H3,(H,15,16). The molecule has 1 aromatic carbocycles. The molecule has 2 aromatic rings. The highest BCUT2D eigenvalue weighted by Gasteiger charge is 2.15. The first-order valence-electron chi connectivity index (χ1n) is 5.01. The van der Waals surface area contributed by atoms with Crippen LogP contribution in [0.1, 0.15) is 10.4 Å². The van der Waals surface area contributed by atoms with E-state index in [1.165, 1.54) is 11.3 Å². The van der Waals surface area contributed by atoms with Gasteiger partial charge in [-0.2, -0.15) is 0 Å². The van der Waals surface area contributed by atoms with E-state index in [-0.39, 0.29) is 5.91 Å². The fraction of sp³-hybridized carbons (Fsp3) is 0.0833. The van der Waals surface area contributed by atoms with Gasteiger partial charge in [-0.3, -0.25) is 4.79 Å². The Kier molecular flexibility index (Phi) is 4.42. The number of carbonyl (C=O) groups is 1. The third kappa shape index (κ3) is 2.93. The van der Waals surface area contributed by atoms with Gasteiger partial charge in [0.1, 0.15) is 5.75 Å². The molecule has 18 heavy (non-hydrogen) atoms. The molecule has 0 saturated carbocycles. The second-order valence-electron chi connectivity index (χ2n) is 3.39. The topological polar surface area (TPSA) is 38.3 Å². The Bertz CT molecular complexity index is 583. The lowest BCUT2D eigenvalue weighted by atomic mass is 10.2. The van der Waals surface area contributed by atoms with Gasteiger partial charge in [-0.05, 0) is 50.1 Å². The van der Waals surface area contributed by atoms with Gasteiger partial charge in [-0.1, -0.05) is 12.1 Å². The maximum absolute atomic E-state index is 12.1. The van der Waals surface area contributed by atoms with Crippen LogP contribution in [0.15, 0.2) is 37.9 Å². The number of para-hydroxylation sites is 2. The molecule has 0 atom stereocenters. The number of benzene rings is 1. The molecule has 1 N–H and O–H groups in total. The van der Waals surface area contributed by atoms with Crippen LogP contribution in [-0.2, 0) is 0 Å². The van der Waals surface area contributed by atoms with Crippen molar-refractivity contribution in [3.8, 4) is 5.75 Å². The smallest absolute Gasteiger partial charge is 0.257 e. The summed E-state index contributed by atoms with van der Waals surface area (Å²) < 4.78 is 6.88. The highest BCUT2D eigenvalue weighted by molar-refractivity contribution is 9.12. The largest absolute Gasteiger partial charge is 0.495 e. The fourth-order valence-corrected chi connectivity index (χ4v) is 4.23. The summed E-state index contributed by atoms with van der Waals surface area (Å²) in [4.78, 5) is 12.1. The molecule has 1 amide bonds. The highest BCUT2D eigenvalue weighted by atomic mass is 79.9. The van der Waals surface area contributed by atoms with Gasteiger partial charge in [0, 0.05) is 0 Å². The minimum atomic E-state index is -0.173. The van der Waals surface area contributed by atoms with Crippen molar-refractivity contribution in [3.05, 3.63) is 43.5 Å². The maximum atomic E-state index is 12.1. The molecule has 1 heterocycles. The Labute approximate surface area is 125 Å². The Balaban J connectivity index is 2.24. The summed E-state index contributed by atoms with van der Waals surface area (Å²) in [5.41, 5.74) is 1.25. The quantitative estimate of drug-likeness (QED) is 0.835. The number of amides is 1. The summed E-state index contributed by atoms with van der Waals surface area (Å²) in [6.07, 6.45) is 0. The van der Waals surface area contributed by atoms with E-state index in [1.54, 1.807) is 25.3 Å². The van der Waals surface area contributed by atoms with Crippen LogP contribution in [0.5, 0.6) is 5.75 Å². The van der Waals surface area contributed by atoms with Gasteiger partial charge in [-0.15, -0.1) is 11.3 Å². The van der Waals surface area contributed by atoms with E-state index < -0.39 is 0 Å². The monoisotopic (exact) mass is 389 g/mol. The number of rotatable bonds is 3. The van der Waals surface area contributed by atoms with Gasteiger partial charge in [0.15, 0.2) is 0 Å². The lowest BCUT2D eigenvalue weighted by Crippen LogP contribution is -2.12. The summed E-state index contributed by atoms with van der Waals surface area (Å²) in [6, 6.07) is 9.07. The first-order valence-corrected chi connectivity index (χ1v) is 7.41. The Morgan fingerprint density at radius 2 is 2.06 bits per heavy atom. The molecule has 0 radical (unpaired) electrons. The average Bonchev–Trinajstić information content (AvgIpc) is 2.69. The second kappa shape index (κ2) is 5.86. The molecule has 3 nitrogen and oxygen atoms in total. The Morgan fingerprint density at radius 3 is 2.67 bits per heavy atom. The summed E-state index contributed by atoms with van der Waals surface area (Å²) in [7, 11) is 1.57. The molecule has 6 heteroatoms. The zero-order chi connectivity index (χ0) is 13.1. The van der Waals surface area contributed by atoms with Crippen molar-refractivity contribution in [2.45, 2.75) is 0 Å². The zero-order valence-corrected chi connectivity index (χ0v) is 13.4. The van der Waals surface area contributed by atoms with Crippen molar-refractivity contribution in [2.75, 3.05) is 12.4 Å². The van der Waals surface area contributed by atoms with Crippen molar-refractivity contribution in [1.29, 1.82) is 0 Å². The summed E-state index contributed by atoms with van der Waals surface area (Å²) in [6.45, 7) is 0. The lowest BCUT2D eigenvalue weighted by Gasteiger charge is -2.09. The van der Waals surface area contributed by atoms with Crippen LogP contribution in [0.4, 0.5) is 5.69 Å². The van der Waals surface area contributed by atoms with Crippen LogP contribution in [0, 0.1) is 0 Å². The van der Waals surface area contributed by atoms with Gasteiger partial charge in [-0.25, -0.2) is 0 Å². The summed E-state index contributed by atoms with van der Waals surface area (Å²) >= 11 is 8.17. The molecule has 94 valence electrons. The molecule has 0 bridgehead atoms. The van der Waals surface area contributed by atoms with E-state index in [9.17, 15) is 4.79 Å². The second-order valence-corrected chi connectivity index (χ2v) is 7.14. The molecular formula is C12H9Br2NO2S. The van der Waals surface area contributed by atoms with Crippen LogP contribution < -0.4 is 10.1 Å². The summed E-state index contributed by atoms with van der Waals surface area (Å²) in [5.74, 6) is 0.463. The number of ether oxygens (including phenoxy) is 1. The van der Waals surface area contributed by atoms with E-state index in [4.69, 9.17) is 4.74 Å². The number of methoxy groups -OCH3 is 1. The normalized spacial score (nSPS) is 10.2. The van der Waals surface area contributed by atoms with Gasteiger partial charge in [0.2, 0.25) is 0 Å². The predicted molar refractivity (Wildman–Crippen MR) is 80.7 cm³/mol. The molecule has 0 aliphatic rings. The van der Waals surface area contributed by atoms with Gasteiger partial charge < -0.3 is 10.1 Å². The third-order valence-electron chi connectivity index (χ3n) is 2.26. The Morgan fingerprint density at radius 1 is 1.33 bits per heavy atom. The minimum Gasteiger partial charge on any atom is -0.495 e. The van der Waals surface area contributed by atoms with E-state index >= 15 is 0 Å².